The Hall–Kier alpha value is -3.13. The fraction of sp³-hybridized carbons (Fsp3) is 0.125. The van der Waals surface area contributed by atoms with E-state index < -0.39 is 35.2 Å². The molecule has 0 unspecified atom stereocenters. The normalized spacial score (nSPS) is 10.8. The van der Waals surface area contributed by atoms with Crippen molar-refractivity contribution in [2.75, 3.05) is 12.3 Å². The van der Waals surface area contributed by atoms with E-state index >= 15 is 0 Å². The highest BCUT2D eigenvalue weighted by Gasteiger charge is 2.19. The maximum atomic E-state index is 12.0. The molecule has 130 valence electrons. The largest absolute Gasteiger partial charge is 0.454 e. The molecular weight excluding hydrogens is 350 g/mol. The molecule has 0 radical (unpaired) electrons. The van der Waals surface area contributed by atoms with Gasteiger partial charge in [0.15, 0.2) is 6.61 Å². The summed E-state index contributed by atoms with van der Waals surface area (Å²) in [5.74, 6) is -1.91. The van der Waals surface area contributed by atoms with Crippen LogP contribution in [0.5, 0.6) is 0 Å². The van der Waals surface area contributed by atoms with Crippen LogP contribution in [0.4, 0.5) is 5.82 Å². The van der Waals surface area contributed by atoms with Crippen LogP contribution in [0.15, 0.2) is 39.9 Å². The molecule has 0 aliphatic rings. The second-order valence-corrected chi connectivity index (χ2v) is 5.43. The van der Waals surface area contributed by atoms with Crippen molar-refractivity contribution in [3.05, 3.63) is 67.3 Å². The fourth-order valence-corrected chi connectivity index (χ4v) is 2.14. The van der Waals surface area contributed by atoms with Gasteiger partial charge < -0.3 is 10.5 Å². The van der Waals surface area contributed by atoms with Crippen LogP contribution in [0.25, 0.3) is 6.08 Å². The van der Waals surface area contributed by atoms with Gasteiger partial charge in [-0.1, -0.05) is 23.7 Å². The lowest BCUT2D eigenvalue weighted by Crippen LogP contribution is -2.35. The number of nitrogen functional groups attached to an aromatic ring is 1. The number of hydrogen-bond donors (Lipinski definition) is 2. The predicted molar refractivity (Wildman–Crippen MR) is 92.5 cm³/mol. The summed E-state index contributed by atoms with van der Waals surface area (Å²) < 4.78 is 5.70. The average Bonchev–Trinajstić information content (AvgIpc) is 2.56. The van der Waals surface area contributed by atoms with E-state index in [1.54, 1.807) is 24.3 Å². The zero-order valence-electron chi connectivity index (χ0n) is 13.1. The quantitative estimate of drug-likeness (QED) is 0.459. The van der Waals surface area contributed by atoms with Crippen molar-refractivity contribution in [2.45, 2.75) is 0 Å². The lowest BCUT2D eigenvalue weighted by atomic mass is 10.2. The predicted octanol–water partition coefficient (Wildman–Crippen LogP) is 0.748. The minimum absolute atomic E-state index is 0.302. The topological polar surface area (TPSA) is 124 Å². The van der Waals surface area contributed by atoms with E-state index in [4.69, 9.17) is 22.1 Å². The molecule has 0 aliphatic carbocycles. The maximum absolute atomic E-state index is 12.0. The Morgan fingerprint density at radius 3 is 2.76 bits per heavy atom. The fourth-order valence-electron chi connectivity index (χ4n) is 1.94. The van der Waals surface area contributed by atoms with Gasteiger partial charge in [0.1, 0.15) is 11.4 Å². The Bertz CT molecular complexity index is 974. The van der Waals surface area contributed by atoms with Gasteiger partial charge in [0.25, 0.3) is 5.56 Å². The van der Waals surface area contributed by atoms with Gasteiger partial charge in [-0.15, -0.1) is 0 Å². The van der Waals surface area contributed by atoms with E-state index in [2.05, 4.69) is 0 Å². The van der Waals surface area contributed by atoms with E-state index in [0.717, 1.165) is 10.6 Å². The molecule has 8 nitrogen and oxygen atoms in total. The Morgan fingerprint density at radius 1 is 1.36 bits per heavy atom. The molecule has 0 amide bonds. The Balaban J connectivity index is 2.05. The van der Waals surface area contributed by atoms with Crippen LogP contribution in [-0.2, 0) is 16.6 Å². The van der Waals surface area contributed by atoms with Crippen molar-refractivity contribution >= 4 is 35.2 Å². The van der Waals surface area contributed by atoms with Crippen LogP contribution < -0.4 is 17.0 Å². The van der Waals surface area contributed by atoms with Gasteiger partial charge in [0.05, 0.1) is 0 Å². The van der Waals surface area contributed by atoms with Gasteiger partial charge >= 0.3 is 11.7 Å². The van der Waals surface area contributed by atoms with E-state index in [-0.39, 0.29) is 5.82 Å². The number of aromatic amines is 1. The number of halogens is 1. The number of anilines is 1. The molecule has 1 aromatic heterocycles. The molecule has 1 heterocycles. The highest BCUT2D eigenvalue weighted by atomic mass is 35.5. The van der Waals surface area contributed by atoms with Crippen LogP contribution in [0.1, 0.15) is 15.9 Å². The molecule has 0 bridgehead atoms. The molecule has 0 spiro atoms. The van der Waals surface area contributed by atoms with Crippen LogP contribution in [0.3, 0.4) is 0 Å². The number of hydrogen-bond acceptors (Lipinski definition) is 6. The van der Waals surface area contributed by atoms with E-state index in [0.29, 0.717) is 10.6 Å². The number of nitrogens with one attached hydrogen (secondary N) is 1. The summed E-state index contributed by atoms with van der Waals surface area (Å²) in [6.07, 6.45) is 2.58. The molecule has 0 fully saturated rings. The molecule has 0 saturated heterocycles. The third-order valence-electron chi connectivity index (χ3n) is 3.25. The average molecular weight is 364 g/mol. The van der Waals surface area contributed by atoms with Crippen molar-refractivity contribution in [3.8, 4) is 0 Å². The number of ether oxygens (including phenoxy) is 1. The molecule has 0 atom stereocenters. The number of rotatable bonds is 5. The maximum Gasteiger partial charge on any atom is 0.331 e. The minimum Gasteiger partial charge on any atom is -0.454 e. The first kappa shape index (κ1) is 18.2. The molecule has 25 heavy (non-hydrogen) atoms. The molecule has 9 heteroatoms. The lowest BCUT2D eigenvalue weighted by Gasteiger charge is -2.07. The van der Waals surface area contributed by atoms with E-state index in [1.807, 2.05) is 4.98 Å². The van der Waals surface area contributed by atoms with E-state index in [9.17, 15) is 19.2 Å². The zero-order valence-corrected chi connectivity index (χ0v) is 13.9. The van der Waals surface area contributed by atoms with Gasteiger partial charge in [-0.05, 0) is 23.8 Å². The summed E-state index contributed by atoms with van der Waals surface area (Å²) in [5.41, 5.74) is 4.15. The third kappa shape index (κ3) is 4.45. The van der Waals surface area contributed by atoms with Gasteiger partial charge in [0, 0.05) is 18.1 Å². The number of nitrogens with two attached hydrogens (primary N) is 1. The number of Topliss-reactive ketones (excluding diaryl/α,β-unsaturated/α-hetero) is 1. The van der Waals surface area contributed by atoms with Crippen LogP contribution in [-0.4, -0.2) is 27.9 Å². The summed E-state index contributed by atoms with van der Waals surface area (Å²) in [4.78, 5) is 48.7. The Kier molecular flexibility index (Phi) is 5.56. The van der Waals surface area contributed by atoms with Crippen molar-refractivity contribution < 1.29 is 14.3 Å². The molecule has 1 aromatic carbocycles. The molecule has 2 aromatic rings. The number of esters is 1. The Labute approximate surface area is 146 Å². The second-order valence-electron chi connectivity index (χ2n) is 5.00. The zero-order chi connectivity index (χ0) is 18.6. The summed E-state index contributed by atoms with van der Waals surface area (Å²) in [5, 5.41) is 0.509. The first-order valence-corrected chi connectivity index (χ1v) is 7.39. The van der Waals surface area contributed by atoms with Crippen LogP contribution in [0.2, 0.25) is 5.02 Å². The Morgan fingerprint density at radius 2 is 2.08 bits per heavy atom. The van der Waals surface area contributed by atoms with Crippen molar-refractivity contribution in [2.24, 2.45) is 7.05 Å². The minimum atomic E-state index is -0.934. The molecule has 0 saturated carbocycles. The summed E-state index contributed by atoms with van der Waals surface area (Å²) >= 11 is 5.82. The molecule has 0 aliphatic heterocycles. The number of benzene rings is 1. The number of nitrogens with zero attached hydrogens (tertiary/aromatic N) is 1. The summed E-state index contributed by atoms with van der Waals surface area (Å²) in [7, 11) is 1.30. The number of carbonyl (C=O) groups is 2. The monoisotopic (exact) mass is 363 g/mol. The second kappa shape index (κ2) is 7.63. The van der Waals surface area contributed by atoms with Crippen LogP contribution >= 0.6 is 11.6 Å². The highest BCUT2D eigenvalue weighted by molar-refractivity contribution is 6.30. The van der Waals surface area contributed by atoms with Crippen molar-refractivity contribution in [1.82, 2.24) is 9.55 Å². The summed E-state index contributed by atoms with van der Waals surface area (Å²) in [6.45, 7) is -0.690. The molecule has 2 rings (SSSR count). The third-order valence-corrected chi connectivity index (χ3v) is 3.49. The van der Waals surface area contributed by atoms with E-state index in [1.165, 1.54) is 13.1 Å². The SMILES string of the molecule is Cn1c(N)c(C(=O)COC(=O)/C=C/c2cccc(Cl)c2)c(=O)[nH]c1=O. The first-order chi connectivity index (χ1) is 11.8. The van der Waals surface area contributed by atoms with Crippen molar-refractivity contribution in [1.29, 1.82) is 0 Å². The highest BCUT2D eigenvalue weighted by Crippen LogP contribution is 2.12. The molecular formula is C16H14ClN3O5. The van der Waals surface area contributed by atoms with Gasteiger partial charge in [0.2, 0.25) is 5.78 Å². The number of aromatic nitrogens is 2. The van der Waals surface area contributed by atoms with Gasteiger partial charge in [-0.3, -0.25) is 19.1 Å². The first-order valence-electron chi connectivity index (χ1n) is 7.02. The standard InChI is InChI=1S/C16H14ClN3O5/c1-20-14(18)13(15(23)19-16(20)24)11(21)8-25-12(22)6-5-9-3-2-4-10(17)7-9/h2-7H,8,18H2,1H3,(H,19,23,24)/b6-5+. The number of carbonyl (C=O) groups excluding carboxylic acids is 2. The molecule has 3 N–H and O–H groups in total. The van der Waals surface area contributed by atoms with Gasteiger partial charge in [-0.25, -0.2) is 9.59 Å². The smallest absolute Gasteiger partial charge is 0.331 e. The lowest BCUT2D eigenvalue weighted by molar-refractivity contribution is -0.136. The number of H-pyrrole nitrogens is 1. The summed E-state index contributed by atoms with van der Waals surface area (Å²) in [6, 6.07) is 6.77. The van der Waals surface area contributed by atoms with Gasteiger partial charge in [-0.2, -0.15) is 0 Å². The number of ketones is 1. The van der Waals surface area contributed by atoms with Crippen molar-refractivity contribution in [3.63, 3.8) is 0 Å². The van der Waals surface area contributed by atoms with Crippen LogP contribution in [0, 0.1) is 0 Å².